The Labute approximate surface area is 164 Å². The van der Waals surface area contributed by atoms with Gasteiger partial charge in [-0.25, -0.2) is 4.39 Å². The van der Waals surface area contributed by atoms with Crippen molar-refractivity contribution in [2.24, 2.45) is 5.92 Å². The van der Waals surface area contributed by atoms with Crippen LogP contribution in [0.5, 0.6) is 5.75 Å². The fourth-order valence-corrected chi connectivity index (χ4v) is 3.55. The van der Waals surface area contributed by atoms with Gasteiger partial charge in [-0.3, -0.25) is 4.79 Å². The smallest absolute Gasteiger partial charge is 0.291 e. The summed E-state index contributed by atoms with van der Waals surface area (Å²) in [5.74, 6) is 1.33. The molecule has 0 aliphatic heterocycles. The summed E-state index contributed by atoms with van der Waals surface area (Å²) in [5, 5.41) is 4.32. The van der Waals surface area contributed by atoms with Gasteiger partial charge in [0.1, 0.15) is 11.6 Å². The van der Waals surface area contributed by atoms with Gasteiger partial charge in [0.2, 0.25) is 4.96 Å². The van der Waals surface area contributed by atoms with Gasteiger partial charge in [-0.15, -0.1) is 5.10 Å². The quantitative estimate of drug-likeness (QED) is 0.519. The van der Waals surface area contributed by atoms with Crippen molar-refractivity contribution in [3.8, 4) is 17.1 Å². The third-order valence-electron chi connectivity index (χ3n) is 4.07. The summed E-state index contributed by atoms with van der Waals surface area (Å²) in [6, 6.07) is 13.8. The monoisotopic (exact) mass is 395 g/mol. The Morgan fingerprint density at radius 3 is 2.61 bits per heavy atom. The Bertz CT molecular complexity index is 1230. The second-order valence-electron chi connectivity index (χ2n) is 6.80. The van der Waals surface area contributed by atoms with Crippen molar-refractivity contribution in [1.82, 2.24) is 14.6 Å². The van der Waals surface area contributed by atoms with Gasteiger partial charge in [-0.1, -0.05) is 43.4 Å². The SMILES string of the molecule is CC(C)COc1ccc(-c2nc3sc(=Cc4ccccc4F)c(=O)n3n2)cc1. The van der Waals surface area contributed by atoms with Gasteiger partial charge in [0.05, 0.1) is 11.1 Å². The highest BCUT2D eigenvalue weighted by Gasteiger charge is 2.12. The molecule has 0 N–H and O–H groups in total. The first-order valence-corrected chi connectivity index (χ1v) is 9.72. The maximum absolute atomic E-state index is 13.8. The number of thiazole rings is 1. The summed E-state index contributed by atoms with van der Waals surface area (Å²) < 4.78 is 21.2. The van der Waals surface area contributed by atoms with Crippen LogP contribution >= 0.6 is 11.3 Å². The van der Waals surface area contributed by atoms with Crippen molar-refractivity contribution >= 4 is 22.4 Å². The molecule has 2 heterocycles. The molecule has 0 fully saturated rings. The van der Waals surface area contributed by atoms with Crippen LogP contribution in [0, 0.1) is 11.7 Å². The number of fused-ring (bicyclic) bond motifs is 1. The first kappa shape index (κ1) is 18.3. The fraction of sp³-hybridized carbons (Fsp3) is 0.190. The molecule has 0 aliphatic carbocycles. The van der Waals surface area contributed by atoms with Gasteiger partial charge < -0.3 is 4.74 Å². The molecule has 2 aromatic heterocycles. The Kier molecular flexibility index (Phi) is 4.92. The number of halogens is 1. The Morgan fingerprint density at radius 2 is 1.93 bits per heavy atom. The highest BCUT2D eigenvalue weighted by atomic mass is 32.1. The number of benzene rings is 2. The topological polar surface area (TPSA) is 56.5 Å². The molecular weight excluding hydrogens is 377 g/mol. The van der Waals surface area contributed by atoms with Gasteiger partial charge in [0, 0.05) is 11.1 Å². The second-order valence-corrected chi connectivity index (χ2v) is 7.81. The molecule has 28 heavy (non-hydrogen) atoms. The Hall–Kier alpha value is -3.06. The highest BCUT2D eigenvalue weighted by Crippen LogP contribution is 2.21. The maximum atomic E-state index is 13.8. The minimum atomic E-state index is -0.374. The van der Waals surface area contributed by atoms with Crippen LogP contribution in [0.25, 0.3) is 22.4 Å². The van der Waals surface area contributed by atoms with Crippen LogP contribution < -0.4 is 14.8 Å². The van der Waals surface area contributed by atoms with Crippen molar-refractivity contribution in [2.75, 3.05) is 6.61 Å². The zero-order valence-electron chi connectivity index (χ0n) is 15.4. The lowest BCUT2D eigenvalue weighted by Gasteiger charge is -2.08. The van der Waals surface area contributed by atoms with Crippen molar-refractivity contribution in [2.45, 2.75) is 13.8 Å². The number of aromatic nitrogens is 3. The Morgan fingerprint density at radius 1 is 1.18 bits per heavy atom. The van der Waals surface area contributed by atoms with E-state index in [1.54, 1.807) is 18.2 Å². The van der Waals surface area contributed by atoms with Crippen LogP contribution in [0.1, 0.15) is 19.4 Å². The zero-order valence-corrected chi connectivity index (χ0v) is 16.2. The van der Waals surface area contributed by atoms with Crippen LogP contribution in [-0.2, 0) is 0 Å². The molecule has 0 radical (unpaired) electrons. The minimum Gasteiger partial charge on any atom is -0.493 e. The summed E-state index contributed by atoms with van der Waals surface area (Å²) in [7, 11) is 0. The van der Waals surface area contributed by atoms with Crippen LogP contribution in [0.4, 0.5) is 4.39 Å². The first-order valence-electron chi connectivity index (χ1n) is 8.90. The average molecular weight is 395 g/mol. The molecule has 0 saturated carbocycles. The number of nitrogens with zero attached hydrogens (tertiary/aromatic N) is 3. The molecule has 0 atom stereocenters. The summed E-state index contributed by atoms with van der Waals surface area (Å²) in [6.45, 7) is 4.83. The zero-order chi connectivity index (χ0) is 19.7. The van der Waals surface area contributed by atoms with Gasteiger partial charge >= 0.3 is 0 Å². The van der Waals surface area contributed by atoms with Gasteiger partial charge in [-0.2, -0.15) is 9.50 Å². The Balaban J connectivity index is 1.65. The molecule has 0 spiro atoms. The summed E-state index contributed by atoms with van der Waals surface area (Å²) in [5.41, 5.74) is 0.854. The molecule has 7 heteroatoms. The van der Waals surface area contributed by atoms with E-state index in [1.807, 2.05) is 24.3 Å². The lowest BCUT2D eigenvalue weighted by molar-refractivity contribution is 0.271. The van der Waals surface area contributed by atoms with Crippen molar-refractivity contribution in [3.63, 3.8) is 0 Å². The molecular formula is C21H18FN3O2S. The summed E-state index contributed by atoms with van der Waals surface area (Å²) in [4.78, 5) is 17.5. The average Bonchev–Trinajstić information content (AvgIpc) is 3.22. The van der Waals surface area contributed by atoms with Gasteiger partial charge in [-0.05, 0) is 42.3 Å². The summed E-state index contributed by atoms with van der Waals surface area (Å²) >= 11 is 1.19. The van der Waals surface area contributed by atoms with Gasteiger partial charge in [0.15, 0.2) is 5.82 Å². The van der Waals surface area contributed by atoms with Crippen molar-refractivity contribution < 1.29 is 9.13 Å². The van der Waals surface area contributed by atoms with Crippen LogP contribution in [0.3, 0.4) is 0 Å². The largest absolute Gasteiger partial charge is 0.493 e. The molecule has 142 valence electrons. The van der Waals surface area contributed by atoms with E-state index in [2.05, 4.69) is 23.9 Å². The van der Waals surface area contributed by atoms with E-state index in [-0.39, 0.29) is 11.4 Å². The fourth-order valence-electron chi connectivity index (χ4n) is 2.65. The van der Waals surface area contributed by atoms with Gasteiger partial charge in [0.25, 0.3) is 5.56 Å². The molecule has 2 aromatic carbocycles. The van der Waals surface area contributed by atoms with E-state index in [4.69, 9.17) is 4.74 Å². The first-order chi connectivity index (χ1) is 13.5. The number of hydrogen-bond donors (Lipinski definition) is 0. The molecule has 4 rings (SSSR count). The molecule has 5 nitrogen and oxygen atoms in total. The van der Waals surface area contributed by atoms with Crippen LogP contribution in [0.2, 0.25) is 0 Å². The third kappa shape index (κ3) is 3.66. The predicted molar refractivity (Wildman–Crippen MR) is 108 cm³/mol. The normalized spacial score (nSPS) is 12.2. The number of ether oxygens (including phenoxy) is 1. The predicted octanol–water partition coefficient (Wildman–Crippen LogP) is 3.54. The molecule has 4 aromatic rings. The molecule has 0 amide bonds. The molecule has 0 bridgehead atoms. The van der Waals surface area contributed by atoms with E-state index >= 15 is 0 Å². The van der Waals surface area contributed by atoms with E-state index in [0.717, 1.165) is 11.3 Å². The van der Waals surface area contributed by atoms with Crippen LogP contribution in [0.15, 0.2) is 53.3 Å². The molecule has 0 unspecified atom stereocenters. The number of hydrogen-bond acceptors (Lipinski definition) is 5. The maximum Gasteiger partial charge on any atom is 0.291 e. The van der Waals surface area contributed by atoms with E-state index in [1.165, 1.54) is 28.0 Å². The second kappa shape index (κ2) is 7.52. The number of rotatable bonds is 5. The standard InChI is InChI=1S/C21H18FN3O2S/c1-13(2)12-27-16-9-7-14(8-10-16)19-23-21-25(24-19)20(26)18(28-21)11-15-5-3-4-6-17(15)22/h3-11,13H,12H2,1-2H3. The third-order valence-corrected chi connectivity index (χ3v) is 5.03. The van der Waals surface area contributed by atoms with E-state index < -0.39 is 0 Å². The van der Waals surface area contributed by atoms with Crippen LogP contribution in [-0.4, -0.2) is 21.2 Å². The lowest BCUT2D eigenvalue weighted by atomic mass is 10.2. The molecule has 0 saturated heterocycles. The summed E-state index contributed by atoms with van der Waals surface area (Å²) in [6.07, 6.45) is 1.53. The molecule has 0 aliphatic rings. The lowest BCUT2D eigenvalue weighted by Crippen LogP contribution is -2.23. The minimum absolute atomic E-state index is 0.307. The van der Waals surface area contributed by atoms with Crippen molar-refractivity contribution in [3.05, 3.63) is 74.8 Å². The highest BCUT2D eigenvalue weighted by molar-refractivity contribution is 7.15. The van der Waals surface area contributed by atoms with E-state index in [0.29, 0.717) is 33.4 Å². The van der Waals surface area contributed by atoms with E-state index in [9.17, 15) is 9.18 Å². The van der Waals surface area contributed by atoms with Crippen molar-refractivity contribution in [1.29, 1.82) is 0 Å².